The molecule has 1 heterocycles. The molecule has 0 aromatic carbocycles. The van der Waals surface area contributed by atoms with Gasteiger partial charge in [-0.15, -0.1) is 11.3 Å². The maximum Gasteiger partial charge on any atom is 0.0388 e. The van der Waals surface area contributed by atoms with Crippen molar-refractivity contribution in [3.8, 4) is 0 Å². The molecule has 1 aromatic heterocycles. The topological polar surface area (TPSA) is 12.0 Å². The van der Waals surface area contributed by atoms with Crippen LogP contribution >= 0.6 is 39.0 Å². The number of hydrogen-bond donors (Lipinski definition) is 1. The van der Waals surface area contributed by atoms with Gasteiger partial charge in [0.25, 0.3) is 0 Å². The van der Waals surface area contributed by atoms with E-state index in [9.17, 15) is 0 Å². The summed E-state index contributed by atoms with van der Waals surface area (Å²) in [4.78, 5) is 1.43. The van der Waals surface area contributed by atoms with E-state index in [4.69, 9.17) is 0 Å². The van der Waals surface area contributed by atoms with Gasteiger partial charge in [-0.3, -0.25) is 0 Å². The second-order valence-corrected chi connectivity index (χ2v) is 7.77. The van der Waals surface area contributed by atoms with Gasteiger partial charge < -0.3 is 5.32 Å². The first kappa shape index (κ1) is 13.9. The molecule has 3 atom stereocenters. The van der Waals surface area contributed by atoms with Crippen LogP contribution in [0, 0.1) is 0 Å². The molecule has 0 aliphatic heterocycles. The fourth-order valence-corrected chi connectivity index (χ4v) is 4.79. The molecule has 0 amide bonds. The third kappa shape index (κ3) is 3.98. The normalized spacial score (nSPS) is 27.0. The summed E-state index contributed by atoms with van der Waals surface area (Å²) in [6, 6.07) is 3.42. The molecular weight excluding hydrogens is 314 g/mol. The van der Waals surface area contributed by atoms with Crippen molar-refractivity contribution < 1.29 is 0 Å². The van der Waals surface area contributed by atoms with Crippen LogP contribution in [0.5, 0.6) is 0 Å². The zero-order chi connectivity index (χ0) is 12.3. The van der Waals surface area contributed by atoms with E-state index in [1.54, 1.807) is 0 Å². The Morgan fingerprint density at radius 3 is 3.00 bits per heavy atom. The lowest BCUT2D eigenvalue weighted by Gasteiger charge is -2.30. The van der Waals surface area contributed by atoms with Crippen LogP contribution in [0.1, 0.15) is 43.5 Å². The van der Waals surface area contributed by atoms with E-state index >= 15 is 0 Å². The van der Waals surface area contributed by atoms with Crippen LogP contribution in [0.25, 0.3) is 0 Å². The van der Waals surface area contributed by atoms with Gasteiger partial charge in [0.2, 0.25) is 0 Å². The minimum absolute atomic E-state index is 0.483. The third-order valence-electron chi connectivity index (χ3n) is 3.46. The SMILES string of the molecule is CSC1CCCC(NC(C)c2cc(Br)cs2)C1. The van der Waals surface area contributed by atoms with Crippen molar-refractivity contribution >= 4 is 39.0 Å². The zero-order valence-electron chi connectivity index (χ0n) is 10.4. The molecule has 0 bridgehead atoms. The van der Waals surface area contributed by atoms with E-state index < -0.39 is 0 Å². The van der Waals surface area contributed by atoms with Gasteiger partial charge >= 0.3 is 0 Å². The highest BCUT2D eigenvalue weighted by molar-refractivity contribution is 9.10. The highest BCUT2D eigenvalue weighted by Gasteiger charge is 2.22. The molecule has 1 aliphatic carbocycles. The van der Waals surface area contributed by atoms with E-state index in [1.807, 2.05) is 23.1 Å². The Balaban J connectivity index is 1.87. The summed E-state index contributed by atoms with van der Waals surface area (Å²) in [5.74, 6) is 0. The van der Waals surface area contributed by atoms with Crippen molar-refractivity contribution in [3.05, 3.63) is 20.8 Å². The molecule has 1 aromatic rings. The van der Waals surface area contributed by atoms with Gasteiger partial charge in [-0.2, -0.15) is 11.8 Å². The lowest BCUT2D eigenvalue weighted by atomic mass is 9.94. The molecule has 1 aliphatic rings. The number of nitrogens with one attached hydrogen (secondary N) is 1. The van der Waals surface area contributed by atoms with Crippen LogP contribution in [0.15, 0.2) is 15.9 Å². The Labute approximate surface area is 121 Å². The van der Waals surface area contributed by atoms with Crippen molar-refractivity contribution in [2.24, 2.45) is 0 Å². The number of thiophene rings is 1. The second-order valence-electron chi connectivity index (χ2n) is 4.78. The summed E-state index contributed by atoms with van der Waals surface area (Å²) < 4.78 is 1.21. The monoisotopic (exact) mass is 333 g/mol. The summed E-state index contributed by atoms with van der Waals surface area (Å²) in [6.07, 6.45) is 7.70. The molecular formula is C13H20BrNS2. The van der Waals surface area contributed by atoms with Crippen molar-refractivity contribution in [2.45, 2.75) is 49.9 Å². The van der Waals surface area contributed by atoms with Crippen LogP contribution in [-0.4, -0.2) is 17.5 Å². The highest BCUT2D eigenvalue weighted by Crippen LogP contribution is 2.30. The van der Waals surface area contributed by atoms with Gasteiger partial charge in [-0.05, 0) is 54.4 Å². The maximum atomic E-state index is 3.79. The lowest BCUT2D eigenvalue weighted by Crippen LogP contribution is -2.36. The molecule has 2 rings (SSSR count). The number of rotatable bonds is 4. The summed E-state index contributed by atoms with van der Waals surface area (Å²) in [5.41, 5.74) is 0. The van der Waals surface area contributed by atoms with E-state index in [-0.39, 0.29) is 0 Å². The number of hydrogen-bond acceptors (Lipinski definition) is 3. The Morgan fingerprint density at radius 2 is 2.35 bits per heavy atom. The predicted octanol–water partition coefficient (Wildman–Crippen LogP) is 4.84. The lowest BCUT2D eigenvalue weighted by molar-refractivity contribution is 0.355. The smallest absolute Gasteiger partial charge is 0.0388 e. The molecule has 1 saturated carbocycles. The standard InChI is InChI=1S/C13H20BrNS2/c1-9(13-6-10(14)8-17-13)15-11-4-3-5-12(7-11)16-2/h6,8-9,11-12,15H,3-5,7H2,1-2H3. The fourth-order valence-electron chi connectivity index (χ4n) is 2.50. The van der Waals surface area contributed by atoms with Gasteiger partial charge in [0.15, 0.2) is 0 Å². The summed E-state index contributed by atoms with van der Waals surface area (Å²) in [7, 11) is 0. The van der Waals surface area contributed by atoms with Crippen LogP contribution in [0.3, 0.4) is 0 Å². The quantitative estimate of drug-likeness (QED) is 0.846. The molecule has 1 N–H and O–H groups in total. The molecule has 3 unspecified atom stereocenters. The van der Waals surface area contributed by atoms with Crippen LogP contribution in [-0.2, 0) is 0 Å². The predicted molar refractivity (Wildman–Crippen MR) is 83.1 cm³/mol. The zero-order valence-corrected chi connectivity index (χ0v) is 13.6. The summed E-state index contributed by atoms with van der Waals surface area (Å²) >= 11 is 7.40. The average molecular weight is 334 g/mol. The van der Waals surface area contributed by atoms with Gasteiger partial charge in [0.05, 0.1) is 0 Å². The Hall–Kier alpha value is 0.490. The summed E-state index contributed by atoms with van der Waals surface area (Å²) in [5, 5.41) is 6.82. The van der Waals surface area contributed by atoms with Gasteiger partial charge in [-0.1, -0.05) is 6.42 Å². The molecule has 0 spiro atoms. The Kier molecular flexibility index (Phi) is 5.40. The van der Waals surface area contributed by atoms with Gasteiger partial charge in [-0.25, -0.2) is 0 Å². The van der Waals surface area contributed by atoms with Crippen molar-refractivity contribution in [2.75, 3.05) is 6.26 Å². The Morgan fingerprint density at radius 1 is 1.53 bits per heavy atom. The van der Waals surface area contributed by atoms with E-state index in [0.717, 1.165) is 5.25 Å². The van der Waals surface area contributed by atoms with Crippen molar-refractivity contribution in [1.29, 1.82) is 0 Å². The van der Waals surface area contributed by atoms with Crippen LogP contribution in [0.4, 0.5) is 0 Å². The Bertz CT molecular complexity index is 353. The highest BCUT2D eigenvalue weighted by atomic mass is 79.9. The molecule has 4 heteroatoms. The van der Waals surface area contributed by atoms with E-state index in [2.05, 4.69) is 45.9 Å². The molecule has 0 saturated heterocycles. The van der Waals surface area contributed by atoms with Crippen LogP contribution < -0.4 is 5.32 Å². The van der Waals surface area contributed by atoms with E-state index in [0.29, 0.717) is 12.1 Å². The first-order valence-corrected chi connectivity index (χ1v) is 9.18. The molecule has 0 radical (unpaired) electrons. The van der Waals surface area contributed by atoms with Gasteiger partial charge in [0.1, 0.15) is 0 Å². The minimum Gasteiger partial charge on any atom is -0.307 e. The van der Waals surface area contributed by atoms with Crippen molar-refractivity contribution in [1.82, 2.24) is 5.32 Å². The number of thioether (sulfide) groups is 1. The molecule has 1 fully saturated rings. The van der Waals surface area contributed by atoms with Crippen LogP contribution in [0.2, 0.25) is 0 Å². The average Bonchev–Trinajstić information content (AvgIpc) is 2.76. The second kappa shape index (κ2) is 6.60. The first-order valence-electron chi connectivity index (χ1n) is 6.22. The minimum atomic E-state index is 0.483. The third-order valence-corrected chi connectivity index (χ3v) is 6.43. The van der Waals surface area contributed by atoms with Crippen molar-refractivity contribution in [3.63, 3.8) is 0 Å². The number of halogens is 1. The van der Waals surface area contributed by atoms with E-state index in [1.165, 1.54) is 35.0 Å². The first-order chi connectivity index (χ1) is 8.19. The molecule has 1 nitrogen and oxygen atoms in total. The van der Waals surface area contributed by atoms with Gasteiger partial charge in [0, 0.05) is 32.1 Å². The largest absolute Gasteiger partial charge is 0.307 e. The summed E-state index contributed by atoms with van der Waals surface area (Å²) in [6.45, 7) is 2.28. The maximum absolute atomic E-state index is 3.79. The molecule has 96 valence electrons. The molecule has 17 heavy (non-hydrogen) atoms. The fraction of sp³-hybridized carbons (Fsp3) is 0.692.